The third-order valence-corrected chi connectivity index (χ3v) is 11.1. The van der Waals surface area contributed by atoms with E-state index in [0.717, 1.165) is 30.4 Å². The molecule has 0 aromatic carbocycles. The Morgan fingerprint density at radius 2 is 1.97 bits per heavy atom. The zero-order valence-electron chi connectivity index (χ0n) is 21.0. The summed E-state index contributed by atoms with van der Waals surface area (Å²) in [5, 5.41) is 10.9. The lowest BCUT2D eigenvalue weighted by Gasteiger charge is -2.48. The lowest BCUT2D eigenvalue weighted by Crippen LogP contribution is -2.57. The van der Waals surface area contributed by atoms with Gasteiger partial charge in [-0.25, -0.2) is 18.8 Å². The molecule has 0 amide bonds. The van der Waals surface area contributed by atoms with Crippen LogP contribution in [-0.4, -0.2) is 55.1 Å². The van der Waals surface area contributed by atoms with Crippen molar-refractivity contribution in [2.24, 2.45) is 11.3 Å². The summed E-state index contributed by atoms with van der Waals surface area (Å²) >= 11 is 12.7. The lowest BCUT2D eigenvalue weighted by atomic mass is 9.78. The minimum absolute atomic E-state index is 0.00818. The number of pyridine rings is 2. The minimum Gasteiger partial charge on any atom is -0.370 e. The molecule has 1 aliphatic carbocycles. The van der Waals surface area contributed by atoms with Gasteiger partial charge in [-0.15, -0.1) is 0 Å². The highest BCUT2D eigenvalue weighted by molar-refractivity contribution is 7.91. The average Bonchev–Trinajstić information content (AvgIpc) is 3.43. The van der Waals surface area contributed by atoms with E-state index in [2.05, 4.69) is 21.9 Å². The van der Waals surface area contributed by atoms with E-state index in [1.165, 1.54) is 0 Å². The van der Waals surface area contributed by atoms with E-state index >= 15 is 0 Å². The molecular weight excluding hydrogens is 547 g/mol. The smallest absolute Gasteiger partial charge is 0.151 e. The molecule has 0 bridgehead atoms. The zero-order valence-corrected chi connectivity index (χ0v) is 23.4. The summed E-state index contributed by atoms with van der Waals surface area (Å²) in [5.74, 6) is 1.39. The third kappa shape index (κ3) is 4.78. The number of nitrogens with zero attached hydrogens (tertiary/aromatic N) is 4. The predicted octanol–water partition coefficient (Wildman–Crippen LogP) is 3.74. The van der Waals surface area contributed by atoms with Gasteiger partial charge >= 0.3 is 0 Å². The largest absolute Gasteiger partial charge is 0.370 e. The van der Waals surface area contributed by atoms with Crippen LogP contribution in [0.4, 0.5) is 5.82 Å². The van der Waals surface area contributed by atoms with Crippen molar-refractivity contribution < 1.29 is 13.2 Å². The standard InChI is InChI=1S/C26H30Cl2N6O3S/c1-15(23-20(27)10-30-11-21(23)28)37-18-2-3-22-19(7-18)24(33-32-22)17-6-16(8-29)25(31-9-17)34-12-26(13-34)4-5-38(35,36)14-26/h6,9-11,15,18-19,22,24,32-33H,2-5,7,12-14H2,1H3/t15-,18?,19?,22?,24?/m1/s1. The Bertz CT molecular complexity index is 1370. The number of sulfone groups is 1. The molecule has 4 unspecified atom stereocenters. The summed E-state index contributed by atoms with van der Waals surface area (Å²) in [4.78, 5) is 10.8. The fourth-order valence-corrected chi connectivity index (χ4v) is 9.58. The molecule has 0 radical (unpaired) electrons. The van der Waals surface area contributed by atoms with Crippen LogP contribution in [-0.2, 0) is 14.6 Å². The maximum Gasteiger partial charge on any atom is 0.151 e. The number of nitrogens with one attached hydrogen (secondary N) is 2. The van der Waals surface area contributed by atoms with Crippen LogP contribution in [0.2, 0.25) is 10.0 Å². The summed E-state index contributed by atoms with van der Waals surface area (Å²) in [6.07, 6.45) is 8.19. The van der Waals surface area contributed by atoms with Gasteiger partial charge in [0.05, 0.1) is 45.4 Å². The van der Waals surface area contributed by atoms with Crippen LogP contribution >= 0.6 is 23.2 Å². The van der Waals surface area contributed by atoms with Crippen LogP contribution in [0.25, 0.3) is 0 Å². The van der Waals surface area contributed by atoms with Crippen molar-refractivity contribution in [2.45, 2.75) is 56.9 Å². The van der Waals surface area contributed by atoms with Crippen LogP contribution in [0.5, 0.6) is 0 Å². The van der Waals surface area contributed by atoms with Gasteiger partial charge < -0.3 is 9.64 Å². The first-order valence-electron chi connectivity index (χ1n) is 13.0. The number of rotatable bonds is 5. The van der Waals surface area contributed by atoms with Gasteiger partial charge in [-0.05, 0) is 50.2 Å². The number of hydrogen-bond acceptors (Lipinski definition) is 9. The van der Waals surface area contributed by atoms with E-state index in [0.29, 0.717) is 47.0 Å². The number of anilines is 1. The van der Waals surface area contributed by atoms with Gasteiger partial charge in [-0.1, -0.05) is 23.2 Å². The number of hydrazine groups is 1. The Morgan fingerprint density at radius 1 is 1.21 bits per heavy atom. The average molecular weight is 578 g/mol. The Labute approximate surface area is 232 Å². The molecule has 2 aromatic rings. The number of hydrogen-bond donors (Lipinski definition) is 2. The number of aromatic nitrogens is 2. The summed E-state index contributed by atoms with van der Waals surface area (Å²) in [6, 6.07) is 4.53. The summed E-state index contributed by atoms with van der Waals surface area (Å²) in [5.41, 5.74) is 8.91. The quantitative estimate of drug-likeness (QED) is 0.548. The summed E-state index contributed by atoms with van der Waals surface area (Å²) < 4.78 is 30.4. The molecule has 4 aliphatic rings. The summed E-state index contributed by atoms with van der Waals surface area (Å²) in [7, 11) is -2.95. The second kappa shape index (κ2) is 9.88. The first-order valence-corrected chi connectivity index (χ1v) is 15.6. The SMILES string of the molecule is C[C@@H](OC1CCC2NNC(c3cnc(N4CC5(CCS(=O)(=O)C5)C4)c(C#N)c3)C2C1)c1c(Cl)cncc1Cl. The van der Waals surface area contributed by atoms with E-state index in [9.17, 15) is 13.7 Å². The predicted molar refractivity (Wildman–Crippen MR) is 145 cm³/mol. The Hall–Kier alpha value is -2.00. The third-order valence-electron chi connectivity index (χ3n) is 8.59. The Morgan fingerprint density at radius 3 is 2.66 bits per heavy atom. The van der Waals surface area contributed by atoms with Crippen molar-refractivity contribution in [3.05, 3.63) is 51.4 Å². The van der Waals surface area contributed by atoms with Gasteiger partial charge in [0.25, 0.3) is 0 Å². The van der Waals surface area contributed by atoms with Crippen LogP contribution < -0.4 is 15.8 Å². The highest BCUT2D eigenvalue weighted by Crippen LogP contribution is 2.45. The molecule has 4 fully saturated rings. The molecule has 2 aromatic heterocycles. The van der Waals surface area contributed by atoms with Crippen molar-refractivity contribution in [3.63, 3.8) is 0 Å². The van der Waals surface area contributed by atoms with E-state index in [-0.39, 0.29) is 41.1 Å². The van der Waals surface area contributed by atoms with E-state index in [4.69, 9.17) is 32.9 Å². The van der Waals surface area contributed by atoms with E-state index in [1.807, 2.05) is 24.1 Å². The number of ether oxygens (including phenoxy) is 1. The molecule has 3 saturated heterocycles. The van der Waals surface area contributed by atoms with Gasteiger partial charge in [0.2, 0.25) is 0 Å². The molecule has 12 heteroatoms. The highest BCUT2D eigenvalue weighted by Gasteiger charge is 2.51. The molecule has 1 spiro atoms. The molecule has 5 heterocycles. The van der Waals surface area contributed by atoms with Crippen molar-refractivity contribution in [1.29, 1.82) is 5.26 Å². The topological polar surface area (TPSA) is 120 Å². The number of halogens is 2. The Balaban J connectivity index is 1.15. The van der Waals surface area contributed by atoms with Crippen molar-refractivity contribution in [1.82, 2.24) is 20.8 Å². The van der Waals surface area contributed by atoms with Crippen LogP contribution in [0.15, 0.2) is 24.7 Å². The van der Waals surface area contributed by atoms with Gasteiger partial charge in [0.15, 0.2) is 9.84 Å². The Kier molecular flexibility index (Phi) is 6.82. The van der Waals surface area contributed by atoms with E-state index in [1.54, 1.807) is 12.4 Å². The molecule has 2 N–H and O–H groups in total. The first-order chi connectivity index (χ1) is 18.2. The fourth-order valence-electron chi connectivity index (χ4n) is 6.76. The molecule has 202 valence electrons. The first kappa shape index (κ1) is 26.2. The van der Waals surface area contributed by atoms with Gasteiger partial charge in [0.1, 0.15) is 11.9 Å². The molecular formula is C26H30Cl2N6O3S. The van der Waals surface area contributed by atoms with E-state index < -0.39 is 9.84 Å². The van der Waals surface area contributed by atoms with Gasteiger partial charge in [0, 0.05) is 48.7 Å². The zero-order chi connectivity index (χ0) is 26.7. The van der Waals surface area contributed by atoms with Crippen molar-refractivity contribution >= 4 is 38.9 Å². The van der Waals surface area contributed by atoms with Crippen molar-refractivity contribution in [2.75, 3.05) is 29.5 Å². The van der Waals surface area contributed by atoms with Crippen LogP contribution in [0.1, 0.15) is 61.4 Å². The summed E-state index contributed by atoms with van der Waals surface area (Å²) in [6.45, 7) is 3.22. The normalized spacial score (nSPS) is 30.0. The van der Waals surface area contributed by atoms with Gasteiger partial charge in [-0.3, -0.25) is 10.4 Å². The van der Waals surface area contributed by atoms with Gasteiger partial charge in [-0.2, -0.15) is 5.26 Å². The van der Waals surface area contributed by atoms with Crippen LogP contribution in [0, 0.1) is 22.7 Å². The fraction of sp³-hybridized carbons (Fsp3) is 0.577. The molecule has 9 nitrogen and oxygen atoms in total. The number of fused-ring (bicyclic) bond motifs is 1. The number of nitriles is 1. The molecule has 38 heavy (non-hydrogen) atoms. The highest BCUT2D eigenvalue weighted by atomic mass is 35.5. The maximum absolute atomic E-state index is 12.0. The molecule has 5 atom stereocenters. The second-order valence-electron chi connectivity index (χ2n) is 11.2. The maximum atomic E-state index is 12.0. The molecule has 1 saturated carbocycles. The molecule has 3 aliphatic heterocycles. The minimum atomic E-state index is -2.95. The van der Waals surface area contributed by atoms with Crippen LogP contribution in [0.3, 0.4) is 0 Å². The monoisotopic (exact) mass is 576 g/mol. The van der Waals surface area contributed by atoms with Crippen molar-refractivity contribution in [3.8, 4) is 6.07 Å². The lowest BCUT2D eigenvalue weighted by molar-refractivity contribution is -0.0370. The second-order valence-corrected chi connectivity index (χ2v) is 14.2. The molecule has 6 rings (SSSR count).